The number of pyridine rings is 1. The molecule has 0 bridgehead atoms. The Morgan fingerprint density at radius 3 is 2.08 bits per heavy atom. The Bertz CT molecular complexity index is 749. The van der Waals surface area contributed by atoms with E-state index in [-0.39, 0.29) is 6.07 Å². The lowest BCUT2D eigenvalue weighted by atomic mass is 10.1. The van der Waals surface area contributed by atoms with Gasteiger partial charge in [0.05, 0.1) is 11.1 Å². The normalized spacial score (nSPS) is 12.4. The van der Waals surface area contributed by atoms with Crippen molar-refractivity contribution in [1.29, 1.82) is 0 Å². The third-order valence-corrected chi connectivity index (χ3v) is 2.97. The van der Waals surface area contributed by atoms with E-state index in [1.165, 1.54) is 18.5 Å². The highest BCUT2D eigenvalue weighted by Crippen LogP contribution is 2.37. The maximum absolute atomic E-state index is 12.7. The van der Waals surface area contributed by atoms with Crippen molar-refractivity contribution in [3.05, 3.63) is 65.5 Å². The Morgan fingerprint density at radius 1 is 1.00 bits per heavy atom. The van der Waals surface area contributed by atoms with Crippen LogP contribution in [0.4, 0.5) is 32.0 Å². The topological polar surface area (TPSA) is 42.0 Å². The van der Waals surface area contributed by atoms with E-state index in [0.717, 1.165) is 6.08 Å². The second-order valence-electron chi connectivity index (χ2n) is 4.90. The summed E-state index contributed by atoms with van der Waals surface area (Å²) in [7, 11) is 0. The predicted molar refractivity (Wildman–Crippen MR) is 78.3 cm³/mol. The number of anilines is 1. The minimum Gasteiger partial charge on any atom is -0.322 e. The number of nitrogens with one attached hydrogen (secondary N) is 1. The molecule has 0 unspecified atom stereocenters. The molecule has 0 saturated heterocycles. The molecule has 132 valence electrons. The summed E-state index contributed by atoms with van der Waals surface area (Å²) in [5.41, 5.74) is -3.08. The van der Waals surface area contributed by atoms with Gasteiger partial charge in [-0.05, 0) is 35.9 Å². The first kappa shape index (κ1) is 18.5. The Morgan fingerprint density at radius 2 is 1.60 bits per heavy atom. The molecule has 0 spiro atoms. The quantitative estimate of drug-likeness (QED) is 0.633. The number of aromatic nitrogens is 1. The molecule has 25 heavy (non-hydrogen) atoms. The fourth-order valence-electron chi connectivity index (χ4n) is 1.86. The van der Waals surface area contributed by atoms with Crippen LogP contribution in [-0.2, 0) is 17.1 Å². The summed E-state index contributed by atoms with van der Waals surface area (Å²) in [5, 5.41) is 1.99. The summed E-state index contributed by atoms with van der Waals surface area (Å²) in [4.78, 5) is 15.5. The molecule has 0 fully saturated rings. The smallest absolute Gasteiger partial charge is 0.322 e. The van der Waals surface area contributed by atoms with Gasteiger partial charge < -0.3 is 5.32 Å². The minimum absolute atomic E-state index is 0.0128. The lowest BCUT2D eigenvalue weighted by molar-refractivity contribution is -0.143. The maximum Gasteiger partial charge on any atom is 0.416 e. The molecule has 1 aromatic carbocycles. The van der Waals surface area contributed by atoms with E-state index in [0.29, 0.717) is 17.7 Å². The Kier molecular flexibility index (Phi) is 5.15. The zero-order valence-electron chi connectivity index (χ0n) is 12.3. The van der Waals surface area contributed by atoms with Gasteiger partial charge in [-0.1, -0.05) is 6.07 Å². The minimum atomic E-state index is -4.98. The van der Waals surface area contributed by atoms with Crippen LogP contribution in [0.1, 0.15) is 16.7 Å². The number of benzene rings is 1. The van der Waals surface area contributed by atoms with Crippen LogP contribution in [-0.4, -0.2) is 10.9 Å². The number of carbonyl (C=O) groups excluding carboxylic acids is 1. The molecule has 2 aromatic rings. The van der Waals surface area contributed by atoms with Crippen molar-refractivity contribution in [2.45, 2.75) is 12.4 Å². The second-order valence-corrected chi connectivity index (χ2v) is 4.90. The average molecular weight is 360 g/mol. The standard InChI is InChI=1S/C16H10F6N2O/c17-15(18,19)11-6-12(16(20,21)22)8-13(7-11)24-14(25)4-3-10-2-1-5-23-9-10/h1-9H,(H,24,25)/b4-3+. The van der Waals surface area contributed by atoms with Crippen molar-refractivity contribution in [3.8, 4) is 0 Å². The first-order valence-electron chi connectivity index (χ1n) is 6.74. The van der Waals surface area contributed by atoms with Crippen molar-refractivity contribution < 1.29 is 31.1 Å². The highest BCUT2D eigenvalue weighted by molar-refractivity contribution is 6.02. The summed E-state index contributed by atoms with van der Waals surface area (Å²) < 4.78 is 76.5. The number of alkyl halides is 6. The molecule has 0 aliphatic rings. The molecule has 9 heteroatoms. The first-order valence-corrected chi connectivity index (χ1v) is 6.74. The molecular formula is C16H10F6N2O. The predicted octanol–water partition coefficient (Wildman–Crippen LogP) is 4.77. The SMILES string of the molecule is O=C(/C=C/c1cccnc1)Nc1cc(C(F)(F)F)cc(C(F)(F)F)c1. The van der Waals surface area contributed by atoms with Crippen molar-refractivity contribution in [3.63, 3.8) is 0 Å². The number of amides is 1. The highest BCUT2D eigenvalue weighted by Gasteiger charge is 2.37. The van der Waals surface area contributed by atoms with Gasteiger partial charge >= 0.3 is 12.4 Å². The number of hydrogen-bond donors (Lipinski definition) is 1. The molecule has 3 nitrogen and oxygen atoms in total. The zero-order chi connectivity index (χ0) is 18.7. The number of halogens is 6. The molecule has 0 saturated carbocycles. The van der Waals surface area contributed by atoms with Crippen LogP contribution in [0.2, 0.25) is 0 Å². The molecule has 0 aliphatic heterocycles. The van der Waals surface area contributed by atoms with Gasteiger partial charge in [-0.2, -0.15) is 26.3 Å². The van der Waals surface area contributed by atoms with Crippen LogP contribution in [0.5, 0.6) is 0 Å². The molecule has 1 heterocycles. The molecule has 1 N–H and O–H groups in total. The van der Waals surface area contributed by atoms with E-state index in [1.54, 1.807) is 12.1 Å². The summed E-state index contributed by atoms with van der Waals surface area (Å²) in [6.45, 7) is 0. The molecule has 0 aliphatic carbocycles. The van der Waals surface area contributed by atoms with Gasteiger partial charge in [0.1, 0.15) is 0 Å². The molecule has 1 aromatic heterocycles. The largest absolute Gasteiger partial charge is 0.416 e. The van der Waals surface area contributed by atoms with Crippen molar-refractivity contribution in [2.24, 2.45) is 0 Å². The third-order valence-electron chi connectivity index (χ3n) is 2.97. The summed E-state index contributed by atoms with van der Waals surface area (Å²) in [6.07, 6.45) is -4.74. The Balaban J connectivity index is 2.26. The summed E-state index contributed by atoms with van der Waals surface area (Å²) >= 11 is 0. The lowest BCUT2D eigenvalue weighted by Crippen LogP contribution is -2.14. The van der Waals surface area contributed by atoms with E-state index in [9.17, 15) is 31.1 Å². The van der Waals surface area contributed by atoms with Gasteiger partial charge in [-0.15, -0.1) is 0 Å². The Hall–Kier alpha value is -2.84. The van der Waals surface area contributed by atoms with Gasteiger partial charge in [0, 0.05) is 24.2 Å². The highest BCUT2D eigenvalue weighted by atomic mass is 19.4. The third kappa shape index (κ3) is 5.33. The fraction of sp³-hybridized carbons (Fsp3) is 0.125. The molecular weight excluding hydrogens is 350 g/mol. The summed E-state index contributed by atoms with van der Waals surface area (Å²) in [6, 6.07) is 4.07. The molecule has 0 radical (unpaired) electrons. The van der Waals surface area contributed by atoms with E-state index in [2.05, 4.69) is 4.98 Å². The van der Waals surface area contributed by atoms with Crippen LogP contribution in [0.15, 0.2) is 48.8 Å². The van der Waals surface area contributed by atoms with Crippen LogP contribution < -0.4 is 5.32 Å². The average Bonchev–Trinajstić information content (AvgIpc) is 2.52. The maximum atomic E-state index is 12.7. The number of hydrogen-bond acceptors (Lipinski definition) is 2. The van der Waals surface area contributed by atoms with E-state index < -0.39 is 35.1 Å². The molecule has 1 amide bonds. The van der Waals surface area contributed by atoms with E-state index in [4.69, 9.17) is 0 Å². The van der Waals surface area contributed by atoms with Crippen molar-refractivity contribution >= 4 is 17.7 Å². The molecule has 2 rings (SSSR count). The Labute approximate surface area is 138 Å². The van der Waals surface area contributed by atoms with Crippen LogP contribution in [0.3, 0.4) is 0 Å². The second kappa shape index (κ2) is 6.96. The van der Waals surface area contributed by atoms with Gasteiger partial charge in [0.2, 0.25) is 5.91 Å². The van der Waals surface area contributed by atoms with Crippen molar-refractivity contribution in [2.75, 3.05) is 5.32 Å². The fourth-order valence-corrected chi connectivity index (χ4v) is 1.86. The van der Waals surface area contributed by atoms with Gasteiger partial charge in [0.25, 0.3) is 0 Å². The number of carbonyl (C=O) groups is 1. The summed E-state index contributed by atoms with van der Waals surface area (Å²) in [5.74, 6) is -0.878. The van der Waals surface area contributed by atoms with Crippen LogP contribution in [0.25, 0.3) is 6.08 Å². The van der Waals surface area contributed by atoms with Gasteiger partial charge in [-0.25, -0.2) is 0 Å². The van der Waals surface area contributed by atoms with Gasteiger partial charge in [0.15, 0.2) is 0 Å². The van der Waals surface area contributed by atoms with Crippen LogP contribution in [0, 0.1) is 0 Å². The number of nitrogens with zero attached hydrogens (tertiary/aromatic N) is 1. The lowest BCUT2D eigenvalue weighted by Gasteiger charge is -2.14. The van der Waals surface area contributed by atoms with E-state index >= 15 is 0 Å². The van der Waals surface area contributed by atoms with Crippen molar-refractivity contribution in [1.82, 2.24) is 4.98 Å². The van der Waals surface area contributed by atoms with E-state index in [1.807, 2.05) is 5.32 Å². The number of rotatable bonds is 3. The van der Waals surface area contributed by atoms with Gasteiger partial charge in [-0.3, -0.25) is 9.78 Å². The first-order chi connectivity index (χ1) is 11.6. The zero-order valence-corrected chi connectivity index (χ0v) is 12.3. The van der Waals surface area contributed by atoms with Crippen LogP contribution >= 0.6 is 0 Å². The monoisotopic (exact) mass is 360 g/mol. The molecule has 0 atom stereocenters.